The first kappa shape index (κ1) is 16.8. The highest BCUT2D eigenvalue weighted by atomic mass is 16.5. The number of para-hydroxylation sites is 2. The number of fused-ring (bicyclic) bond motifs is 1. The molecule has 2 N–H and O–H groups in total. The van der Waals surface area contributed by atoms with Gasteiger partial charge in [-0.25, -0.2) is 0 Å². The molecule has 0 radical (unpaired) electrons. The molecule has 2 amide bonds. The topological polar surface area (TPSA) is 76.7 Å². The Bertz CT molecular complexity index is 733. The molecule has 0 bridgehead atoms. The quantitative estimate of drug-likeness (QED) is 0.841. The molecule has 0 spiro atoms. The lowest BCUT2D eigenvalue weighted by Crippen LogP contribution is -2.41. The van der Waals surface area contributed by atoms with Crippen LogP contribution in [0.4, 0.5) is 0 Å². The van der Waals surface area contributed by atoms with Crippen molar-refractivity contribution in [2.45, 2.75) is 12.5 Å². The van der Waals surface area contributed by atoms with Crippen LogP contribution in [0.3, 0.4) is 0 Å². The molecule has 130 valence electrons. The first-order chi connectivity index (χ1) is 12.2. The fraction of sp³-hybridized carbons (Fsp3) is 0.263. The van der Waals surface area contributed by atoms with E-state index in [-0.39, 0.29) is 31.0 Å². The third-order valence-electron chi connectivity index (χ3n) is 3.85. The van der Waals surface area contributed by atoms with E-state index in [1.807, 2.05) is 42.5 Å². The Morgan fingerprint density at radius 2 is 1.80 bits per heavy atom. The zero-order valence-electron chi connectivity index (χ0n) is 13.7. The molecular formula is C19H20N2O4. The van der Waals surface area contributed by atoms with Crippen LogP contribution in [-0.4, -0.2) is 31.6 Å². The predicted molar refractivity (Wildman–Crippen MR) is 92.4 cm³/mol. The van der Waals surface area contributed by atoms with Crippen LogP contribution in [0.5, 0.6) is 11.5 Å². The van der Waals surface area contributed by atoms with E-state index in [4.69, 9.17) is 9.47 Å². The average Bonchev–Trinajstić information content (AvgIpc) is 2.66. The van der Waals surface area contributed by atoms with Gasteiger partial charge in [0.2, 0.25) is 5.91 Å². The third kappa shape index (κ3) is 4.73. The molecule has 25 heavy (non-hydrogen) atoms. The van der Waals surface area contributed by atoms with Gasteiger partial charge in [0, 0.05) is 12.0 Å². The van der Waals surface area contributed by atoms with Crippen molar-refractivity contribution in [3.63, 3.8) is 0 Å². The van der Waals surface area contributed by atoms with Crippen LogP contribution in [0.25, 0.3) is 0 Å². The van der Waals surface area contributed by atoms with Crippen molar-refractivity contribution in [3.8, 4) is 11.5 Å². The summed E-state index contributed by atoms with van der Waals surface area (Å²) >= 11 is 0. The van der Waals surface area contributed by atoms with E-state index in [0.717, 1.165) is 11.3 Å². The molecule has 6 heteroatoms. The van der Waals surface area contributed by atoms with E-state index in [0.29, 0.717) is 18.8 Å². The molecular weight excluding hydrogens is 320 g/mol. The first-order valence-electron chi connectivity index (χ1n) is 8.18. The summed E-state index contributed by atoms with van der Waals surface area (Å²) in [5.41, 5.74) is 0.959. The average molecular weight is 340 g/mol. The zero-order valence-corrected chi connectivity index (χ0v) is 13.7. The Morgan fingerprint density at radius 3 is 2.64 bits per heavy atom. The predicted octanol–water partition coefficient (Wildman–Crippen LogP) is 1.82. The maximum atomic E-state index is 12.1. The Morgan fingerprint density at radius 1 is 1.04 bits per heavy atom. The van der Waals surface area contributed by atoms with Crippen molar-refractivity contribution in [3.05, 3.63) is 60.2 Å². The van der Waals surface area contributed by atoms with Crippen molar-refractivity contribution in [1.82, 2.24) is 10.6 Å². The Balaban J connectivity index is 1.43. The van der Waals surface area contributed by atoms with Gasteiger partial charge in [0.15, 0.2) is 6.61 Å². The number of hydrogen-bond donors (Lipinski definition) is 2. The van der Waals surface area contributed by atoms with Crippen LogP contribution in [0, 0.1) is 0 Å². The molecule has 0 aliphatic carbocycles. The molecule has 1 aliphatic rings. The number of benzene rings is 2. The minimum atomic E-state index is -0.341. The number of carbonyl (C=O) groups excluding carboxylic acids is 2. The van der Waals surface area contributed by atoms with E-state index < -0.39 is 0 Å². The second-order valence-corrected chi connectivity index (χ2v) is 5.67. The Hall–Kier alpha value is -3.02. The molecule has 1 aliphatic heterocycles. The van der Waals surface area contributed by atoms with Gasteiger partial charge in [-0.1, -0.05) is 36.4 Å². The van der Waals surface area contributed by atoms with Gasteiger partial charge in [0.1, 0.15) is 11.5 Å². The van der Waals surface area contributed by atoms with Crippen LogP contribution >= 0.6 is 0 Å². The summed E-state index contributed by atoms with van der Waals surface area (Å²) < 4.78 is 10.9. The summed E-state index contributed by atoms with van der Waals surface area (Å²) in [5.74, 6) is 0.821. The molecule has 0 saturated carbocycles. The SMILES string of the molecule is O=C(COc1ccccc1)NCC(=O)NC1CCOc2ccccc21. The van der Waals surface area contributed by atoms with Gasteiger partial charge in [0.05, 0.1) is 19.2 Å². The summed E-state index contributed by atoms with van der Waals surface area (Å²) in [6.07, 6.45) is 0.702. The second kappa shape index (κ2) is 8.19. The number of amides is 2. The number of rotatable bonds is 6. The molecule has 2 aromatic carbocycles. The Labute approximate surface area is 146 Å². The van der Waals surface area contributed by atoms with Gasteiger partial charge in [-0.05, 0) is 18.2 Å². The van der Waals surface area contributed by atoms with Gasteiger partial charge in [-0.15, -0.1) is 0 Å². The lowest BCUT2D eigenvalue weighted by Gasteiger charge is -2.26. The molecule has 3 rings (SSSR count). The smallest absolute Gasteiger partial charge is 0.258 e. The standard InChI is InChI=1S/C19H20N2O4/c22-18(12-20-19(23)13-25-14-6-2-1-3-7-14)21-16-10-11-24-17-9-5-4-8-15(16)17/h1-9,16H,10-13H2,(H,20,23)(H,21,22). The van der Waals surface area contributed by atoms with E-state index in [1.165, 1.54) is 0 Å². The largest absolute Gasteiger partial charge is 0.493 e. The molecule has 1 unspecified atom stereocenters. The highest BCUT2D eigenvalue weighted by molar-refractivity contribution is 5.85. The van der Waals surface area contributed by atoms with E-state index in [2.05, 4.69) is 10.6 Å². The molecule has 2 aromatic rings. The van der Waals surface area contributed by atoms with Crippen LogP contribution in [0.1, 0.15) is 18.0 Å². The van der Waals surface area contributed by atoms with Crippen molar-refractivity contribution in [1.29, 1.82) is 0 Å². The van der Waals surface area contributed by atoms with Crippen molar-refractivity contribution in [2.75, 3.05) is 19.8 Å². The Kier molecular flexibility index (Phi) is 5.51. The monoisotopic (exact) mass is 340 g/mol. The first-order valence-corrected chi connectivity index (χ1v) is 8.18. The maximum Gasteiger partial charge on any atom is 0.258 e. The normalized spacial score (nSPS) is 15.4. The van der Waals surface area contributed by atoms with Crippen molar-refractivity contribution < 1.29 is 19.1 Å². The van der Waals surface area contributed by atoms with E-state index in [9.17, 15) is 9.59 Å². The van der Waals surface area contributed by atoms with Crippen molar-refractivity contribution >= 4 is 11.8 Å². The fourth-order valence-corrected chi connectivity index (χ4v) is 2.63. The highest BCUT2D eigenvalue weighted by Crippen LogP contribution is 2.31. The van der Waals surface area contributed by atoms with Gasteiger partial charge in [0.25, 0.3) is 5.91 Å². The van der Waals surface area contributed by atoms with Crippen LogP contribution in [0.15, 0.2) is 54.6 Å². The number of nitrogens with one attached hydrogen (secondary N) is 2. The number of carbonyl (C=O) groups is 2. The number of ether oxygens (including phenoxy) is 2. The van der Waals surface area contributed by atoms with E-state index in [1.54, 1.807) is 12.1 Å². The van der Waals surface area contributed by atoms with Crippen LogP contribution in [0.2, 0.25) is 0 Å². The summed E-state index contributed by atoms with van der Waals surface area (Å²) in [6, 6.07) is 16.6. The third-order valence-corrected chi connectivity index (χ3v) is 3.85. The summed E-state index contributed by atoms with van der Waals surface area (Å²) in [5, 5.41) is 5.49. The van der Waals surface area contributed by atoms with Crippen LogP contribution in [-0.2, 0) is 9.59 Å². The van der Waals surface area contributed by atoms with Gasteiger partial charge >= 0.3 is 0 Å². The lowest BCUT2D eigenvalue weighted by molar-refractivity contribution is -0.127. The molecule has 0 aromatic heterocycles. The molecule has 6 nitrogen and oxygen atoms in total. The number of hydrogen-bond acceptors (Lipinski definition) is 4. The molecule has 1 heterocycles. The van der Waals surface area contributed by atoms with Crippen LogP contribution < -0.4 is 20.1 Å². The fourth-order valence-electron chi connectivity index (χ4n) is 2.63. The van der Waals surface area contributed by atoms with E-state index >= 15 is 0 Å². The minimum Gasteiger partial charge on any atom is -0.493 e. The van der Waals surface area contributed by atoms with Gasteiger partial charge in [-0.3, -0.25) is 9.59 Å². The molecule has 0 fully saturated rings. The second-order valence-electron chi connectivity index (χ2n) is 5.67. The maximum absolute atomic E-state index is 12.1. The zero-order chi connectivity index (χ0) is 17.5. The van der Waals surface area contributed by atoms with Gasteiger partial charge < -0.3 is 20.1 Å². The van der Waals surface area contributed by atoms with Crippen molar-refractivity contribution in [2.24, 2.45) is 0 Å². The summed E-state index contributed by atoms with van der Waals surface area (Å²) in [6.45, 7) is 0.340. The minimum absolute atomic E-state index is 0.0868. The molecule has 1 atom stereocenters. The molecule has 0 saturated heterocycles. The summed E-state index contributed by atoms with van der Waals surface area (Å²) in [7, 11) is 0. The lowest BCUT2D eigenvalue weighted by atomic mass is 10.0. The summed E-state index contributed by atoms with van der Waals surface area (Å²) in [4.78, 5) is 23.9. The highest BCUT2D eigenvalue weighted by Gasteiger charge is 2.22. The van der Waals surface area contributed by atoms with Gasteiger partial charge in [-0.2, -0.15) is 0 Å².